The van der Waals surface area contributed by atoms with E-state index in [-0.39, 0.29) is 12.5 Å². The Kier molecular flexibility index (Phi) is 6.29. The van der Waals surface area contributed by atoms with Gasteiger partial charge in [0.15, 0.2) is 6.61 Å². The van der Waals surface area contributed by atoms with Crippen LogP contribution in [0.15, 0.2) is 54.6 Å². The third kappa shape index (κ3) is 4.64. The summed E-state index contributed by atoms with van der Waals surface area (Å²) in [5.74, 6) is 0.840. The Morgan fingerprint density at radius 3 is 2.58 bits per heavy atom. The second-order valence-corrected chi connectivity index (χ2v) is 7.15. The highest BCUT2D eigenvalue weighted by Gasteiger charge is 2.27. The van der Waals surface area contributed by atoms with Crippen LogP contribution < -0.4 is 4.74 Å². The van der Waals surface area contributed by atoms with Crippen LogP contribution in [0, 0.1) is 0 Å². The van der Waals surface area contributed by atoms with Crippen molar-refractivity contribution in [3.8, 4) is 16.9 Å². The van der Waals surface area contributed by atoms with Crippen LogP contribution in [0.5, 0.6) is 5.75 Å². The molecule has 26 heavy (non-hydrogen) atoms. The zero-order chi connectivity index (χ0) is 18.4. The number of amides is 1. The number of rotatable bonds is 6. The molecule has 1 unspecified atom stereocenters. The van der Waals surface area contributed by atoms with Crippen LogP contribution in [0.2, 0.25) is 0 Å². The second-order valence-electron chi connectivity index (χ2n) is 7.15. The first-order chi connectivity index (χ1) is 12.6. The lowest BCUT2D eigenvalue weighted by Gasteiger charge is -2.37. The molecule has 0 aromatic heterocycles. The summed E-state index contributed by atoms with van der Waals surface area (Å²) < 4.78 is 5.96. The Hall–Kier alpha value is -2.33. The number of ether oxygens (including phenoxy) is 1. The van der Waals surface area contributed by atoms with Gasteiger partial charge in [-0.05, 0) is 45.0 Å². The first kappa shape index (κ1) is 18.5. The van der Waals surface area contributed by atoms with E-state index in [2.05, 4.69) is 31.1 Å². The summed E-state index contributed by atoms with van der Waals surface area (Å²) in [7, 11) is 4.12. The van der Waals surface area contributed by atoms with E-state index >= 15 is 0 Å². The van der Waals surface area contributed by atoms with Crippen LogP contribution >= 0.6 is 0 Å². The number of nitrogens with zero attached hydrogens (tertiary/aromatic N) is 2. The third-order valence-corrected chi connectivity index (χ3v) is 4.85. The molecule has 3 rings (SSSR count). The van der Waals surface area contributed by atoms with Gasteiger partial charge in [-0.2, -0.15) is 0 Å². The summed E-state index contributed by atoms with van der Waals surface area (Å²) in [6.45, 7) is 1.83. The molecule has 2 aromatic carbocycles. The first-order valence-corrected chi connectivity index (χ1v) is 9.36. The van der Waals surface area contributed by atoms with Crippen molar-refractivity contribution in [3.63, 3.8) is 0 Å². The molecule has 0 spiro atoms. The summed E-state index contributed by atoms with van der Waals surface area (Å²) in [6, 6.07) is 18.3. The molecule has 1 fully saturated rings. The molecule has 1 aliphatic rings. The lowest BCUT2D eigenvalue weighted by molar-refractivity contribution is -0.137. The van der Waals surface area contributed by atoms with E-state index in [1.807, 2.05) is 47.4 Å². The number of carbonyl (C=O) groups is 1. The Bertz CT molecular complexity index is 715. The number of hydrogen-bond acceptors (Lipinski definition) is 3. The fourth-order valence-corrected chi connectivity index (χ4v) is 3.61. The summed E-state index contributed by atoms with van der Waals surface area (Å²) in [6.07, 6.45) is 3.35. The van der Waals surface area contributed by atoms with Crippen molar-refractivity contribution in [2.24, 2.45) is 0 Å². The van der Waals surface area contributed by atoms with Crippen molar-refractivity contribution in [1.82, 2.24) is 9.80 Å². The van der Waals surface area contributed by atoms with Crippen molar-refractivity contribution in [1.29, 1.82) is 0 Å². The van der Waals surface area contributed by atoms with Gasteiger partial charge in [-0.15, -0.1) is 0 Å². The molecule has 0 saturated carbocycles. The second kappa shape index (κ2) is 8.86. The van der Waals surface area contributed by atoms with Gasteiger partial charge in [-0.3, -0.25) is 4.79 Å². The Morgan fingerprint density at radius 2 is 1.81 bits per heavy atom. The van der Waals surface area contributed by atoms with E-state index in [0.29, 0.717) is 6.04 Å². The van der Waals surface area contributed by atoms with Gasteiger partial charge in [0.25, 0.3) is 5.91 Å². The standard InChI is InChI=1S/C22H28N2O2/c1-23(2)16-19-12-8-9-15-24(19)22(25)17-26-21-14-7-6-13-20(21)18-10-4-3-5-11-18/h3-7,10-11,13-14,19H,8-9,12,15-17H2,1-2H3. The number of para-hydroxylation sites is 1. The zero-order valence-corrected chi connectivity index (χ0v) is 15.7. The van der Waals surface area contributed by atoms with E-state index in [4.69, 9.17) is 4.74 Å². The zero-order valence-electron chi connectivity index (χ0n) is 15.7. The van der Waals surface area contributed by atoms with Gasteiger partial charge in [0.05, 0.1) is 0 Å². The fraction of sp³-hybridized carbons (Fsp3) is 0.409. The van der Waals surface area contributed by atoms with Crippen molar-refractivity contribution < 1.29 is 9.53 Å². The monoisotopic (exact) mass is 352 g/mol. The average molecular weight is 352 g/mol. The summed E-state index contributed by atoms with van der Waals surface area (Å²) in [5, 5.41) is 0. The minimum Gasteiger partial charge on any atom is -0.483 e. The van der Waals surface area contributed by atoms with E-state index in [1.165, 1.54) is 6.42 Å². The highest BCUT2D eigenvalue weighted by atomic mass is 16.5. The number of likely N-dealkylation sites (N-methyl/N-ethyl adjacent to an activating group) is 1. The molecule has 1 heterocycles. The van der Waals surface area contributed by atoms with Crippen LogP contribution in [0.4, 0.5) is 0 Å². The van der Waals surface area contributed by atoms with E-state index in [0.717, 1.165) is 42.8 Å². The largest absolute Gasteiger partial charge is 0.483 e. The van der Waals surface area contributed by atoms with Gasteiger partial charge in [-0.25, -0.2) is 0 Å². The molecule has 0 N–H and O–H groups in total. The smallest absolute Gasteiger partial charge is 0.260 e. The molecule has 0 bridgehead atoms. The molecule has 2 aromatic rings. The van der Waals surface area contributed by atoms with Gasteiger partial charge in [0, 0.05) is 24.7 Å². The van der Waals surface area contributed by atoms with E-state index < -0.39 is 0 Å². The Balaban J connectivity index is 1.68. The topological polar surface area (TPSA) is 32.8 Å². The summed E-state index contributed by atoms with van der Waals surface area (Å²) in [5.41, 5.74) is 2.11. The average Bonchev–Trinajstić information content (AvgIpc) is 2.67. The summed E-state index contributed by atoms with van der Waals surface area (Å²) >= 11 is 0. The fourth-order valence-electron chi connectivity index (χ4n) is 3.61. The van der Waals surface area contributed by atoms with Crippen LogP contribution in [-0.4, -0.2) is 55.5 Å². The predicted molar refractivity (Wildman–Crippen MR) is 105 cm³/mol. The molecule has 138 valence electrons. The molecular formula is C22H28N2O2. The van der Waals surface area contributed by atoms with Crippen LogP contribution in [0.3, 0.4) is 0 Å². The molecule has 1 amide bonds. The lowest BCUT2D eigenvalue weighted by atomic mass is 10.0. The Morgan fingerprint density at radius 1 is 1.08 bits per heavy atom. The number of piperidine rings is 1. The SMILES string of the molecule is CN(C)CC1CCCCN1C(=O)COc1ccccc1-c1ccccc1. The van der Waals surface area contributed by atoms with Crippen LogP contribution in [0.25, 0.3) is 11.1 Å². The quantitative estimate of drug-likeness (QED) is 0.795. The molecule has 1 saturated heterocycles. The first-order valence-electron chi connectivity index (χ1n) is 9.36. The molecule has 1 atom stereocenters. The molecule has 4 heteroatoms. The third-order valence-electron chi connectivity index (χ3n) is 4.85. The highest BCUT2D eigenvalue weighted by molar-refractivity contribution is 5.79. The number of carbonyl (C=O) groups excluding carboxylic acids is 1. The van der Waals surface area contributed by atoms with Crippen LogP contribution in [0.1, 0.15) is 19.3 Å². The normalized spacial score (nSPS) is 17.3. The minimum absolute atomic E-state index is 0.0828. The minimum atomic E-state index is 0.0828. The maximum atomic E-state index is 12.8. The van der Waals surface area contributed by atoms with Gasteiger partial charge in [-0.1, -0.05) is 48.5 Å². The van der Waals surface area contributed by atoms with Crippen molar-refractivity contribution >= 4 is 5.91 Å². The van der Waals surface area contributed by atoms with E-state index in [9.17, 15) is 4.79 Å². The number of hydrogen-bond donors (Lipinski definition) is 0. The molecule has 0 aliphatic carbocycles. The predicted octanol–water partition coefficient (Wildman–Crippen LogP) is 3.68. The van der Waals surface area contributed by atoms with Gasteiger partial charge >= 0.3 is 0 Å². The van der Waals surface area contributed by atoms with Crippen molar-refractivity contribution in [2.75, 3.05) is 33.8 Å². The number of likely N-dealkylation sites (tertiary alicyclic amines) is 1. The Labute approximate surface area is 156 Å². The highest BCUT2D eigenvalue weighted by Crippen LogP contribution is 2.29. The van der Waals surface area contributed by atoms with Crippen LogP contribution in [-0.2, 0) is 4.79 Å². The number of benzene rings is 2. The maximum absolute atomic E-state index is 12.8. The summed E-state index contributed by atoms with van der Waals surface area (Å²) in [4.78, 5) is 17.0. The van der Waals surface area contributed by atoms with Gasteiger partial charge < -0.3 is 14.5 Å². The molecular weight excluding hydrogens is 324 g/mol. The molecule has 0 radical (unpaired) electrons. The van der Waals surface area contributed by atoms with Crippen molar-refractivity contribution in [2.45, 2.75) is 25.3 Å². The van der Waals surface area contributed by atoms with Gasteiger partial charge in [0.2, 0.25) is 0 Å². The molecule has 4 nitrogen and oxygen atoms in total. The van der Waals surface area contributed by atoms with Crippen molar-refractivity contribution in [3.05, 3.63) is 54.6 Å². The van der Waals surface area contributed by atoms with Gasteiger partial charge in [0.1, 0.15) is 5.75 Å². The molecule has 1 aliphatic heterocycles. The van der Waals surface area contributed by atoms with E-state index in [1.54, 1.807) is 0 Å². The lowest BCUT2D eigenvalue weighted by Crippen LogP contribution is -2.49. The maximum Gasteiger partial charge on any atom is 0.260 e.